The predicted molar refractivity (Wildman–Crippen MR) is 63.1 cm³/mol. The highest BCUT2D eigenvalue weighted by Gasteiger charge is 2.15. The van der Waals surface area contributed by atoms with Gasteiger partial charge >= 0.3 is 0 Å². The van der Waals surface area contributed by atoms with Crippen LogP contribution >= 0.6 is 12.2 Å². The van der Waals surface area contributed by atoms with Gasteiger partial charge in [-0.3, -0.25) is 4.79 Å². The normalized spacial score (nSPS) is 12.2. The molecule has 0 saturated carbocycles. The maximum atomic E-state index is 11.6. The first-order valence-electron chi connectivity index (χ1n) is 5.10. The van der Waals surface area contributed by atoms with Crippen LogP contribution in [-0.2, 0) is 4.79 Å². The average molecular weight is 216 g/mol. The molecule has 0 aromatic carbocycles. The Balaban J connectivity index is 4.14. The number of nitrogens with zero attached hydrogens (tertiary/aromatic N) is 1. The first kappa shape index (κ1) is 13.4. The molecule has 0 aliphatic rings. The fraction of sp³-hybridized carbons (Fsp3) is 0.800. The van der Waals surface area contributed by atoms with Gasteiger partial charge in [0.1, 0.15) is 0 Å². The van der Waals surface area contributed by atoms with Crippen molar-refractivity contribution in [2.45, 2.75) is 33.6 Å². The van der Waals surface area contributed by atoms with E-state index in [-0.39, 0.29) is 11.8 Å². The zero-order valence-electron chi connectivity index (χ0n) is 9.25. The highest BCUT2D eigenvalue weighted by atomic mass is 32.1. The third-order valence-electron chi connectivity index (χ3n) is 2.18. The summed E-state index contributed by atoms with van der Waals surface area (Å²) in [5.41, 5.74) is 5.51. The minimum atomic E-state index is 0.103. The van der Waals surface area contributed by atoms with E-state index in [2.05, 4.69) is 0 Å². The Kier molecular flexibility index (Phi) is 6.45. The SMILES string of the molecule is CCCC(=O)N(CC)CC(C)C(N)=S. The molecule has 3 nitrogen and oxygen atoms in total. The lowest BCUT2D eigenvalue weighted by Gasteiger charge is -2.23. The Labute approximate surface area is 91.6 Å². The van der Waals surface area contributed by atoms with E-state index >= 15 is 0 Å². The van der Waals surface area contributed by atoms with Gasteiger partial charge in [0.05, 0.1) is 4.99 Å². The topological polar surface area (TPSA) is 46.3 Å². The van der Waals surface area contributed by atoms with Crippen molar-refractivity contribution < 1.29 is 4.79 Å². The smallest absolute Gasteiger partial charge is 0.222 e. The molecule has 4 heteroatoms. The second-order valence-corrected chi connectivity index (χ2v) is 3.96. The fourth-order valence-corrected chi connectivity index (χ4v) is 1.27. The first-order valence-corrected chi connectivity index (χ1v) is 5.50. The molecule has 0 heterocycles. The van der Waals surface area contributed by atoms with Crippen LogP contribution in [-0.4, -0.2) is 28.9 Å². The van der Waals surface area contributed by atoms with Crippen molar-refractivity contribution >= 4 is 23.1 Å². The highest BCUT2D eigenvalue weighted by Crippen LogP contribution is 2.03. The van der Waals surface area contributed by atoms with Gasteiger partial charge in [-0.15, -0.1) is 0 Å². The number of rotatable bonds is 6. The molecule has 0 rings (SSSR count). The lowest BCUT2D eigenvalue weighted by Crippen LogP contribution is -2.37. The van der Waals surface area contributed by atoms with E-state index in [1.807, 2.05) is 25.7 Å². The zero-order chi connectivity index (χ0) is 11.1. The molecule has 0 saturated heterocycles. The van der Waals surface area contributed by atoms with Gasteiger partial charge in [0.25, 0.3) is 0 Å². The Bertz CT molecular complexity index is 206. The Morgan fingerprint density at radius 3 is 2.43 bits per heavy atom. The number of amides is 1. The third-order valence-corrected chi connectivity index (χ3v) is 2.58. The Morgan fingerprint density at radius 1 is 1.50 bits per heavy atom. The molecule has 82 valence electrons. The fourth-order valence-electron chi connectivity index (χ4n) is 1.20. The van der Waals surface area contributed by atoms with Crippen LogP contribution in [0.15, 0.2) is 0 Å². The third kappa shape index (κ3) is 4.56. The van der Waals surface area contributed by atoms with Crippen LogP contribution in [0.1, 0.15) is 33.6 Å². The molecule has 1 unspecified atom stereocenters. The largest absolute Gasteiger partial charge is 0.393 e. The van der Waals surface area contributed by atoms with E-state index in [4.69, 9.17) is 18.0 Å². The maximum Gasteiger partial charge on any atom is 0.222 e. The quantitative estimate of drug-likeness (QED) is 0.685. The van der Waals surface area contributed by atoms with Gasteiger partial charge in [0.2, 0.25) is 5.91 Å². The molecule has 0 aromatic rings. The van der Waals surface area contributed by atoms with Crippen molar-refractivity contribution in [1.82, 2.24) is 4.90 Å². The van der Waals surface area contributed by atoms with Gasteiger partial charge < -0.3 is 10.6 Å². The van der Waals surface area contributed by atoms with Crippen molar-refractivity contribution in [3.05, 3.63) is 0 Å². The molecular formula is C10H20N2OS. The van der Waals surface area contributed by atoms with Crippen LogP contribution in [0, 0.1) is 5.92 Å². The molecule has 0 spiro atoms. The van der Waals surface area contributed by atoms with E-state index in [0.29, 0.717) is 18.0 Å². The van der Waals surface area contributed by atoms with Gasteiger partial charge in [-0.2, -0.15) is 0 Å². The summed E-state index contributed by atoms with van der Waals surface area (Å²) in [7, 11) is 0. The van der Waals surface area contributed by atoms with Crippen molar-refractivity contribution in [1.29, 1.82) is 0 Å². The van der Waals surface area contributed by atoms with Crippen LogP contribution < -0.4 is 5.73 Å². The number of nitrogens with two attached hydrogens (primary N) is 1. The molecule has 0 radical (unpaired) electrons. The number of carbonyl (C=O) groups is 1. The minimum absolute atomic E-state index is 0.103. The van der Waals surface area contributed by atoms with Gasteiger partial charge in [0, 0.05) is 25.4 Å². The van der Waals surface area contributed by atoms with Gasteiger partial charge in [-0.05, 0) is 13.3 Å². The molecule has 2 N–H and O–H groups in total. The zero-order valence-corrected chi connectivity index (χ0v) is 10.1. The summed E-state index contributed by atoms with van der Waals surface area (Å²) in [5, 5.41) is 0. The summed E-state index contributed by atoms with van der Waals surface area (Å²) in [4.78, 5) is 13.9. The summed E-state index contributed by atoms with van der Waals surface area (Å²) in [6.45, 7) is 7.29. The summed E-state index contributed by atoms with van der Waals surface area (Å²) < 4.78 is 0. The average Bonchev–Trinajstić information content (AvgIpc) is 2.13. The van der Waals surface area contributed by atoms with Gasteiger partial charge in [-0.1, -0.05) is 26.1 Å². The molecule has 1 atom stereocenters. The van der Waals surface area contributed by atoms with E-state index in [1.54, 1.807) is 0 Å². The van der Waals surface area contributed by atoms with Crippen LogP contribution in [0.5, 0.6) is 0 Å². The summed E-state index contributed by atoms with van der Waals surface area (Å²) in [5.74, 6) is 0.295. The van der Waals surface area contributed by atoms with E-state index in [0.717, 1.165) is 13.0 Å². The molecule has 14 heavy (non-hydrogen) atoms. The predicted octanol–water partition coefficient (Wildman–Crippen LogP) is 1.56. The standard InChI is InChI=1S/C10H20N2OS/c1-4-6-9(13)12(5-2)7-8(3)10(11)14/h8H,4-7H2,1-3H3,(H2,11,14). The van der Waals surface area contributed by atoms with Crippen LogP contribution in [0.4, 0.5) is 0 Å². The number of hydrogen-bond acceptors (Lipinski definition) is 2. The van der Waals surface area contributed by atoms with Gasteiger partial charge in [0.15, 0.2) is 0 Å². The number of hydrogen-bond donors (Lipinski definition) is 1. The van der Waals surface area contributed by atoms with Crippen molar-refractivity contribution in [3.8, 4) is 0 Å². The van der Waals surface area contributed by atoms with E-state index in [1.165, 1.54) is 0 Å². The molecule has 0 fully saturated rings. The molecule has 0 aliphatic heterocycles. The number of carbonyl (C=O) groups excluding carboxylic acids is 1. The highest BCUT2D eigenvalue weighted by molar-refractivity contribution is 7.80. The van der Waals surface area contributed by atoms with Crippen molar-refractivity contribution in [2.24, 2.45) is 11.7 Å². The summed E-state index contributed by atoms with van der Waals surface area (Å²) in [6, 6.07) is 0. The second kappa shape index (κ2) is 6.76. The van der Waals surface area contributed by atoms with E-state index < -0.39 is 0 Å². The Hall–Kier alpha value is -0.640. The molecule has 0 bridgehead atoms. The lowest BCUT2D eigenvalue weighted by atomic mass is 10.1. The second-order valence-electron chi connectivity index (χ2n) is 3.49. The van der Waals surface area contributed by atoms with Crippen LogP contribution in [0.3, 0.4) is 0 Å². The number of thiocarbonyl (C=S) groups is 1. The molecule has 0 aromatic heterocycles. The van der Waals surface area contributed by atoms with Crippen molar-refractivity contribution in [3.63, 3.8) is 0 Å². The van der Waals surface area contributed by atoms with Crippen molar-refractivity contribution in [2.75, 3.05) is 13.1 Å². The first-order chi connectivity index (χ1) is 6.52. The summed E-state index contributed by atoms with van der Waals surface area (Å²) in [6.07, 6.45) is 1.49. The van der Waals surface area contributed by atoms with Crippen LogP contribution in [0.25, 0.3) is 0 Å². The minimum Gasteiger partial charge on any atom is -0.393 e. The van der Waals surface area contributed by atoms with E-state index in [9.17, 15) is 4.79 Å². The molecular weight excluding hydrogens is 196 g/mol. The van der Waals surface area contributed by atoms with Crippen LogP contribution in [0.2, 0.25) is 0 Å². The Morgan fingerprint density at radius 2 is 2.07 bits per heavy atom. The maximum absolute atomic E-state index is 11.6. The molecule has 0 aliphatic carbocycles. The van der Waals surface area contributed by atoms with Gasteiger partial charge in [-0.25, -0.2) is 0 Å². The summed E-state index contributed by atoms with van der Waals surface area (Å²) >= 11 is 4.88. The lowest BCUT2D eigenvalue weighted by molar-refractivity contribution is -0.131. The monoisotopic (exact) mass is 216 g/mol. The molecule has 1 amide bonds.